The molecule has 0 aliphatic heterocycles. The highest BCUT2D eigenvalue weighted by molar-refractivity contribution is 7.89. The van der Waals surface area contributed by atoms with Gasteiger partial charge in [0.1, 0.15) is 0 Å². The normalized spacial score (nSPS) is 12.7. The number of carbonyl (C=O) groups is 1. The number of aliphatic carboxylic acids is 1. The fourth-order valence-corrected chi connectivity index (χ4v) is 4.49. The van der Waals surface area contributed by atoms with E-state index in [0.717, 1.165) is 15.2 Å². The Morgan fingerprint density at radius 2 is 2.09 bits per heavy atom. The second-order valence-corrected chi connectivity index (χ2v) is 8.66. The summed E-state index contributed by atoms with van der Waals surface area (Å²) in [7, 11) is -3.71. The SMILES string of the molecule is Cc1nc2ccc(S(=O)(=O)NC(C)(C)CCC(=O)O)cc2s1. The summed E-state index contributed by atoms with van der Waals surface area (Å²) in [5.41, 5.74) is -0.0675. The van der Waals surface area contributed by atoms with Crippen LogP contribution in [-0.2, 0) is 14.8 Å². The lowest BCUT2D eigenvalue weighted by atomic mass is 10.0. The largest absolute Gasteiger partial charge is 0.481 e. The monoisotopic (exact) mass is 342 g/mol. The van der Waals surface area contributed by atoms with Crippen LogP contribution in [0.5, 0.6) is 0 Å². The minimum absolute atomic E-state index is 0.0946. The molecule has 0 saturated heterocycles. The van der Waals surface area contributed by atoms with Gasteiger partial charge in [0.05, 0.1) is 20.1 Å². The number of rotatable bonds is 6. The van der Waals surface area contributed by atoms with Crippen molar-refractivity contribution in [3.05, 3.63) is 23.2 Å². The Bertz CT molecular complexity index is 809. The molecule has 2 N–H and O–H groups in total. The molecule has 1 heterocycles. The Kier molecular flexibility index (Phi) is 4.55. The third-order valence-corrected chi connectivity index (χ3v) is 5.78. The predicted octanol–water partition coefficient (Wildman–Crippen LogP) is 2.53. The molecule has 0 atom stereocenters. The van der Waals surface area contributed by atoms with Gasteiger partial charge in [-0.25, -0.2) is 18.1 Å². The zero-order valence-electron chi connectivity index (χ0n) is 12.6. The van der Waals surface area contributed by atoms with E-state index in [1.807, 2.05) is 6.92 Å². The van der Waals surface area contributed by atoms with E-state index < -0.39 is 21.5 Å². The highest BCUT2D eigenvalue weighted by Gasteiger charge is 2.27. The molecule has 0 saturated carbocycles. The van der Waals surface area contributed by atoms with Crippen LogP contribution < -0.4 is 4.72 Å². The molecule has 22 heavy (non-hydrogen) atoms. The molecular formula is C14H18N2O4S2. The maximum atomic E-state index is 12.5. The van der Waals surface area contributed by atoms with Crippen molar-refractivity contribution in [2.75, 3.05) is 0 Å². The molecule has 8 heteroatoms. The van der Waals surface area contributed by atoms with Gasteiger partial charge in [0.2, 0.25) is 10.0 Å². The van der Waals surface area contributed by atoms with E-state index in [0.29, 0.717) is 0 Å². The van der Waals surface area contributed by atoms with Crippen molar-refractivity contribution >= 4 is 37.5 Å². The highest BCUT2D eigenvalue weighted by atomic mass is 32.2. The van der Waals surface area contributed by atoms with E-state index in [1.165, 1.54) is 17.4 Å². The molecule has 120 valence electrons. The molecular weight excluding hydrogens is 324 g/mol. The van der Waals surface area contributed by atoms with Crippen LogP contribution in [0.25, 0.3) is 10.2 Å². The quantitative estimate of drug-likeness (QED) is 0.841. The number of nitrogens with zero attached hydrogens (tertiary/aromatic N) is 1. The Balaban J connectivity index is 2.25. The predicted molar refractivity (Wildman–Crippen MR) is 85.6 cm³/mol. The van der Waals surface area contributed by atoms with Crippen molar-refractivity contribution < 1.29 is 18.3 Å². The number of hydrogen-bond acceptors (Lipinski definition) is 5. The summed E-state index contributed by atoms with van der Waals surface area (Å²) in [5, 5.41) is 9.60. The average Bonchev–Trinajstić information content (AvgIpc) is 2.74. The highest BCUT2D eigenvalue weighted by Crippen LogP contribution is 2.25. The lowest BCUT2D eigenvalue weighted by molar-refractivity contribution is -0.137. The first-order chi connectivity index (χ1) is 10.1. The van der Waals surface area contributed by atoms with Gasteiger partial charge in [-0.1, -0.05) is 0 Å². The molecule has 2 aromatic rings. The molecule has 6 nitrogen and oxygen atoms in total. The van der Waals surface area contributed by atoms with Crippen molar-refractivity contribution in [1.82, 2.24) is 9.71 Å². The first kappa shape index (κ1) is 16.9. The molecule has 0 amide bonds. The van der Waals surface area contributed by atoms with Crippen molar-refractivity contribution in [2.24, 2.45) is 0 Å². The fourth-order valence-electron chi connectivity index (χ4n) is 2.08. The van der Waals surface area contributed by atoms with Crippen molar-refractivity contribution in [3.63, 3.8) is 0 Å². The first-order valence-corrected chi connectivity index (χ1v) is 9.02. The van der Waals surface area contributed by atoms with Gasteiger partial charge in [0, 0.05) is 12.0 Å². The van der Waals surface area contributed by atoms with E-state index in [9.17, 15) is 13.2 Å². The summed E-state index contributed by atoms with van der Waals surface area (Å²) in [6.45, 7) is 5.21. The number of aryl methyl sites for hydroxylation is 1. The fraction of sp³-hybridized carbons (Fsp3) is 0.429. The number of carboxylic acids is 1. The average molecular weight is 342 g/mol. The van der Waals surface area contributed by atoms with E-state index in [1.54, 1.807) is 26.0 Å². The van der Waals surface area contributed by atoms with E-state index >= 15 is 0 Å². The molecule has 0 unspecified atom stereocenters. The third-order valence-electron chi connectivity index (χ3n) is 3.15. The Morgan fingerprint density at radius 3 is 2.73 bits per heavy atom. The van der Waals surface area contributed by atoms with Crippen molar-refractivity contribution in [3.8, 4) is 0 Å². The maximum absolute atomic E-state index is 12.5. The Morgan fingerprint density at radius 1 is 1.41 bits per heavy atom. The van der Waals surface area contributed by atoms with Crippen LogP contribution in [0.15, 0.2) is 23.1 Å². The molecule has 0 bridgehead atoms. The zero-order chi connectivity index (χ0) is 16.5. The van der Waals surface area contributed by atoms with Gasteiger partial charge in [-0.2, -0.15) is 0 Å². The van der Waals surface area contributed by atoms with Gasteiger partial charge >= 0.3 is 5.97 Å². The molecule has 0 fully saturated rings. The van der Waals surface area contributed by atoms with Crippen LogP contribution in [0.4, 0.5) is 0 Å². The van der Waals surface area contributed by atoms with Gasteiger partial charge < -0.3 is 5.11 Å². The Labute approximate surface area is 133 Å². The molecule has 1 aromatic carbocycles. The van der Waals surface area contributed by atoms with Crippen LogP contribution in [0, 0.1) is 6.92 Å². The third kappa shape index (κ3) is 4.02. The minimum Gasteiger partial charge on any atom is -0.481 e. The summed E-state index contributed by atoms with van der Waals surface area (Å²) in [5.74, 6) is -0.950. The minimum atomic E-state index is -3.71. The topological polar surface area (TPSA) is 96.4 Å². The summed E-state index contributed by atoms with van der Waals surface area (Å²) in [6, 6.07) is 4.78. The number of benzene rings is 1. The molecule has 2 rings (SSSR count). The van der Waals surface area contributed by atoms with Crippen molar-refractivity contribution in [2.45, 2.75) is 44.0 Å². The van der Waals surface area contributed by atoms with Crippen LogP contribution in [0.1, 0.15) is 31.7 Å². The number of thiazole rings is 1. The molecule has 1 aromatic heterocycles. The summed E-state index contributed by atoms with van der Waals surface area (Å²) in [6.07, 6.45) is 0.117. The zero-order valence-corrected chi connectivity index (χ0v) is 14.2. The molecule has 0 spiro atoms. The molecule has 0 aliphatic carbocycles. The molecule has 0 aliphatic rings. The number of hydrogen-bond donors (Lipinski definition) is 2. The van der Waals surface area contributed by atoms with Gasteiger partial charge in [0.25, 0.3) is 0 Å². The lowest BCUT2D eigenvalue weighted by Gasteiger charge is -2.25. The van der Waals surface area contributed by atoms with Crippen LogP contribution in [-0.4, -0.2) is 30.0 Å². The van der Waals surface area contributed by atoms with Crippen molar-refractivity contribution in [1.29, 1.82) is 0 Å². The summed E-state index contributed by atoms with van der Waals surface area (Å²) < 4.78 is 28.3. The first-order valence-electron chi connectivity index (χ1n) is 6.72. The van der Waals surface area contributed by atoms with Crippen LogP contribution in [0.3, 0.4) is 0 Å². The van der Waals surface area contributed by atoms with E-state index in [2.05, 4.69) is 9.71 Å². The maximum Gasteiger partial charge on any atom is 0.303 e. The van der Waals surface area contributed by atoms with E-state index in [-0.39, 0.29) is 17.7 Å². The molecule has 0 radical (unpaired) electrons. The second kappa shape index (κ2) is 5.94. The van der Waals surface area contributed by atoms with Gasteiger partial charge in [-0.15, -0.1) is 11.3 Å². The number of carboxylic acid groups (broad SMARTS) is 1. The number of sulfonamides is 1. The van der Waals surface area contributed by atoms with Gasteiger partial charge in [0.15, 0.2) is 0 Å². The second-order valence-electron chi connectivity index (χ2n) is 5.75. The van der Waals surface area contributed by atoms with E-state index in [4.69, 9.17) is 5.11 Å². The lowest BCUT2D eigenvalue weighted by Crippen LogP contribution is -2.43. The number of aromatic nitrogens is 1. The van der Waals surface area contributed by atoms with Gasteiger partial charge in [-0.3, -0.25) is 4.79 Å². The number of fused-ring (bicyclic) bond motifs is 1. The van der Waals surface area contributed by atoms with Crippen LogP contribution >= 0.6 is 11.3 Å². The smallest absolute Gasteiger partial charge is 0.303 e. The van der Waals surface area contributed by atoms with Crippen LogP contribution in [0.2, 0.25) is 0 Å². The number of nitrogens with one attached hydrogen (secondary N) is 1. The standard InChI is InChI=1S/C14H18N2O4S2/c1-9-15-11-5-4-10(8-12(11)21-9)22(19,20)16-14(2,3)7-6-13(17)18/h4-5,8,16H,6-7H2,1-3H3,(H,17,18). The summed E-state index contributed by atoms with van der Waals surface area (Å²) in [4.78, 5) is 15.1. The van der Waals surface area contributed by atoms with Gasteiger partial charge in [-0.05, 0) is 45.4 Å². The Hall–Kier alpha value is -1.51. The summed E-state index contributed by atoms with van der Waals surface area (Å²) >= 11 is 1.43.